The zero-order valence-electron chi connectivity index (χ0n) is 11.6. The summed E-state index contributed by atoms with van der Waals surface area (Å²) >= 11 is 3.56. The molecule has 2 aliphatic heterocycles. The van der Waals surface area contributed by atoms with E-state index in [2.05, 4.69) is 31.1 Å². The molecular formula is C14H19BrN4O. The molecule has 20 heavy (non-hydrogen) atoms. The number of anilines is 2. The molecule has 0 unspecified atom stereocenters. The third kappa shape index (κ3) is 2.06. The molecule has 2 aliphatic rings. The van der Waals surface area contributed by atoms with Gasteiger partial charge >= 0.3 is 0 Å². The van der Waals surface area contributed by atoms with Crippen molar-refractivity contribution in [1.29, 1.82) is 0 Å². The van der Waals surface area contributed by atoms with Crippen LogP contribution >= 0.6 is 15.9 Å². The highest BCUT2D eigenvalue weighted by molar-refractivity contribution is 9.10. The van der Waals surface area contributed by atoms with Crippen molar-refractivity contribution in [2.24, 2.45) is 5.41 Å². The molecule has 0 aromatic carbocycles. The Hall–Kier alpha value is -1.30. The number of amides is 1. The Morgan fingerprint density at radius 3 is 2.70 bits per heavy atom. The maximum atomic E-state index is 12.0. The predicted octanol–water partition coefficient (Wildman–Crippen LogP) is 1.84. The Morgan fingerprint density at radius 1 is 1.40 bits per heavy atom. The lowest BCUT2D eigenvalue weighted by Gasteiger charge is -2.39. The predicted molar refractivity (Wildman–Crippen MR) is 82.6 cm³/mol. The van der Waals surface area contributed by atoms with Gasteiger partial charge < -0.3 is 16.0 Å². The molecule has 2 fully saturated rings. The molecule has 3 N–H and O–H groups in total. The van der Waals surface area contributed by atoms with Gasteiger partial charge in [-0.3, -0.25) is 4.79 Å². The zero-order chi connectivity index (χ0) is 14.3. The number of nitrogens with two attached hydrogens (primary N) is 1. The van der Waals surface area contributed by atoms with E-state index in [0.717, 1.165) is 54.6 Å². The molecule has 6 heteroatoms. The first-order valence-electron chi connectivity index (χ1n) is 6.97. The molecule has 0 bridgehead atoms. The number of aromatic nitrogens is 1. The number of nitrogens with zero attached hydrogens (tertiary/aromatic N) is 2. The van der Waals surface area contributed by atoms with Crippen molar-refractivity contribution in [2.45, 2.75) is 26.2 Å². The number of carbonyl (C=O) groups is 1. The van der Waals surface area contributed by atoms with Crippen molar-refractivity contribution in [3.05, 3.63) is 16.2 Å². The van der Waals surface area contributed by atoms with Gasteiger partial charge in [0.05, 0.1) is 15.6 Å². The van der Waals surface area contributed by atoms with Gasteiger partial charge in [0.15, 0.2) is 0 Å². The second-order valence-electron chi connectivity index (χ2n) is 5.74. The zero-order valence-corrected chi connectivity index (χ0v) is 13.2. The molecule has 1 aromatic heterocycles. The standard InChI is InChI=1S/C14H19BrN4O/c1-9-11(10(15)8-18-12(9)16)19-6-3-14(4-7-19)2-5-17-13(14)20/h8H,2-7H2,1H3,(H2,16,18)(H,17,20). The van der Waals surface area contributed by atoms with Crippen LogP contribution in [0.4, 0.5) is 11.5 Å². The molecule has 1 aromatic rings. The second kappa shape index (κ2) is 4.91. The lowest BCUT2D eigenvalue weighted by atomic mass is 9.77. The third-order valence-electron chi connectivity index (χ3n) is 4.69. The van der Waals surface area contributed by atoms with Crippen LogP contribution in [0.5, 0.6) is 0 Å². The maximum Gasteiger partial charge on any atom is 0.226 e. The average molecular weight is 339 g/mol. The Bertz CT molecular complexity index is 552. The summed E-state index contributed by atoms with van der Waals surface area (Å²) in [6.45, 7) is 4.59. The summed E-state index contributed by atoms with van der Waals surface area (Å²) in [6, 6.07) is 0. The SMILES string of the molecule is Cc1c(N)ncc(Br)c1N1CCC2(CCNC2=O)CC1. The van der Waals surface area contributed by atoms with Crippen molar-refractivity contribution in [2.75, 3.05) is 30.3 Å². The molecular weight excluding hydrogens is 320 g/mol. The number of rotatable bonds is 1. The van der Waals surface area contributed by atoms with Gasteiger partial charge in [-0.15, -0.1) is 0 Å². The van der Waals surface area contributed by atoms with Crippen molar-refractivity contribution in [3.8, 4) is 0 Å². The highest BCUT2D eigenvalue weighted by Crippen LogP contribution is 2.41. The summed E-state index contributed by atoms with van der Waals surface area (Å²) in [4.78, 5) is 18.5. The van der Waals surface area contributed by atoms with E-state index in [1.54, 1.807) is 6.20 Å². The van der Waals surface area contributed by atoms with Gasteiger partial charge in [0.25, 0.3) is 0 Å². The maximum absolute atomic E-state index is 12.0. The molecule has 1 amide bonds. The number of piperidine rings is 1. The van der Waals surface area contributed by atoms with E-state index in [4.69, 9.17) is 5.73 Å². The minimum Gasteiger partial charge on any atom is -0.383 e. The van der Waals surface area contributed by atoms with Gasteiger partial charge in [0.1, 0.15) is 5.82 Å². The number of pyridine rings is 1. The fraction of sp³-hybridized carbons (Fsp3) is 0.571. The van der Waals surface area contributed by atoms with Gasteiger partial charge in [0.2, 0.25) is 5.91 Å². The number of halogens is 1. The van der Waals surface area contributed by atoms with Crippen LogP contribution in [0.25, 0.3) is 0 Å². The molecule has 5 nitrogen and oxygen atoms in total. The van der Waals surface area contributed by atoms with Gasteiger partial charge in [-0.1, -0.05) is 0 Å². The van der Waals surface area contributed by atoms with Crippen LogP contribution in [0, 0.1) is 12.3 Å². The van der Waals surface area contributed by atoms with Crippen molar-refractivity contribution >= 4 is 33.3 Å². The van der Waals surface area contributed by atoms with E-state index < -0.39 is 0 Å². The lowest BCUT2D eigenvalue weighted by molar-refractivity contribution is -0.128. The molecule has 3 heterocycles. The van der Waals surface area contributed by atoms with Crippen LogP contribution in [-0.4, -0.2) is 30.5 Å². The highest BCUT2D eigenvalue weighted by Gasteiger charge is 2.44. The molecule has 0 saturated carbocycles. The number of nitrogens with one attached hydrogen (secondary N) is 1. The molecule has 0 aliphatic carbocycles. The molecule has 3 rings (SSSR count). The molecule has 0 radical (unpaired) electrons. The van der Waals surface area contributed by atoms with E-state index in [0.29, 0.717) is 5.82 Å². The topological polar surface area (TPSA) is 71.2 Å². The van der Waals surface area contributed by atoms with Crippen LogP contribution in [0.2, 0.25) is 0 Å². The first kappa shape index (κ1) is 13.7. The van der Waals surface area contributed by atoms with Gasteiger partial charge in [-0.05, 0) is 42.1 Å². The molecule has 1 spiro atoms. The number of carbonyl (C=O) groups excluding carboxylic acids is 1. The largest absolute Gasteiger partial charge is 0.383 e. The van der Waals surface area contributed by atoms with Gasteiger partial charge in [-0.2, -0.15) is 0 Å². The van der Waals surface area contributed by atoms with Gasteiger partial charge in [0, 0.05) is 31.4 Å². The van der Waals surface area contributed by atoms with Crippen LogP contribution < -0.4 is 16.0 Å². The van der Waals surface area contributed by atoms with Crippen LogP contribution in [-0.2, 0) is 4.79 Å². The normalized spacial score (nSPS) is 21.3. The number of hydrogen-bond acceptors (Lipinski definition) is 4. The van der Waals surface area contributed by atoms with E-state index in [1.807, 2.05) is 6.92 Å². The Morgan fingerprint density at radius 2 is 2.10 bits per heavy atom. The smallest absolute Gasteiger partial charge is 0.226 e. The van der Waals surface area contributed by atoms with Crippen LogP contribution in [0.15, 0.2) is 10.7 Å². The Labute approximate surface area is 127 Å². The summed E-state index contributed by atoms with van der Waals surface area (Å²) in [5.74, 6) is 0.810. The fourth-order valence-electron chi connectivity index (χ4n) is 3.32. The number of hydrogen-bond donors (Lipinski definition) is 2. The van der Waals surface area contributed by atoms with Crippen LogP contribution in [0.3, 0.4) is 0 Å². The van der Waals surface area contributed by atoms with Crippen LogP contribution in [0.1, 0.15) is 24.8 Å². The summed E-state index contributed by atoms with van der Waals surface area (Å²) in [7, 11) is 0. The van der Waals surface area contributed by atoms with Crippen molar-refractivity contribution in [1.82, 2.24) is 10.3 Å². The first-order valence-corrected chi connectivity index (χ1v) is 7.77. The van der Waals surface area contributed by atoms with Crippen molar-refractivity contribution in [3.63, 3.8) is 0 Å². The highest BCUT2D eigenvalue weighted by atomic mass is 79.9. The molecule has 108 valence electrons. The third-order valence-corrected chi connectivity index (χ3v) is 5.27. The Kier molecular flexibility index (Phi) is 3.36. The lowest BCUT2D eigenvalue weighted by Crippen LogP contribution is -2.44. The second-order valence-corrected chi connectivity index (χ2v) is 6.59. The monoisotopic (exact) mass is 338 g/mol. The molecule has 0 atom stereocenters. The number of nitrogen functional groups attached to an aromatic ring is 1. The Balaban J connectivity index is 1.82. The first-order chi connectivity index (χ1) is 9.53. The fourth-order valence-corrected chi connectivity index (χ4v) is 3.98. The average Bonchev–Trinajstić information content (AvgIpc) is 2.78. The minimum absolute atomic E-state index is 0.130. The van der Waals surface area contributed by atoms with E-state index in [-0.39, 0.29) is 11.3 Å². The summed E-state index contributed by atoms with van der Waals surface area (Å²) < 4.78 is 0.969. The van der Waals surface area contributed by atoms with E-state index in [1.165, 1.54) is 0 Å². The minimum atomic E-state index is -0.130. The van der Waals surface area contributed by atoms with Crippen molar-refractivity contribution < 1.29 is 4.79 Å². The van der Waals surface area contributed by atoms with Gasteiger partial charge in [-0.25, -0.2) is 4.98 Å². The summed E-state index contributed by atoms with van der Waals surface area (Å²) in [6.07, 6.45) is 4.54. The quantitative estimate of drug-likeness (QED) is 0.819. The van der Waals surface area contributed by atoms with E-state index in [9.17, 15) is 4.79 Å². The van der Waals surface area contributed by atoms with E-state index >= 15 is 0 Å². The summed E-state index contributed by atoms with van der Waals surface area (Å²) in [5, 5.41) is 2.97. The molecule has 2 saturated heterocycles. The summed E-state index contributed by atoms with van der Waals surface area (Å²) in [5.41, 5.74) is 7.90.